The summed E-state index contributed by atoms with van der Waals surface area (Å²) >= 11 is 0. The van der Waals surface area contributed by atoms with Gasteiger partial charge in [-0.25, -0.2) is 15.0 Å². The van der Waals surface area contributed by atoms with Crippen LogP contribution in [-0.4, -0.2) is 21.0 Å². The molecule has 0 bridgehead atoms. The van der Waals surface area contributed by atoms with Gasteiger partial charge in [0, 0.05) is 23.3 Å². The molecule has 0 fully saturated rings. The molecule has 78 valence electrons. The van der Waals surface area contributed by atoms with Crippen LogP contribution >= 0.6 is 0 Å². The van der Waals surface area contributed by atoms with Gasteiger partial charge in [-0.2, -0.15) is 0 Å². The molecule has 0 aliphatic rings. The summed E-state index contributed by atoms with van der Waals surface area (Å²) in [5.74, 6) is 0.836. The second-order valence-electron chi connectivity index (χ2n) is 3.87. The summed E-state index contributed by atoms with van der Waals surface area (Å²) in [5, 5.41) is 4.31. The number of nitrogens with zero attached hydrogens (tertiary/aromatic N) is 3. The van der Waals surface area contributed by atoms with Gasteiger partial charge in [-0.15, -0.1) is 0 Å². The second kappa shape index (κ2) is 3.81. The number of anilines is 1. The van der Waals surface area contributed by atoms with Gasteiger partial charge in [0.1, 0.15) is 11.8 Å². The molecule has 0 spiro atoms. The van der Waals surface area contributed by atoms with Crippen molar-refractivity contribution in [3.05, 3.63) is 24.3 Å². The molecule has 0 atom stereocenters. The van der Waals surface area contributed by atoms with Crippen molar-refractivity contribution >= 4 is 16.7 Å². The highest BCUT2D eigenvalue weighted by atomic mass is 15.0. The maximum Gasteiger partial charge on any atom is 0.153 e. The monoisotopic (exact) mass is 202 g/mol. The highest BCUT2D eigenvalue weighted by Gasteiger charge is 2.06. The van der Waals surface area contributed by atoms with Crippen LogP contribution in [0.25, 0.3) is 10.9 Å². The first kappa shape index (κ1) is 9.83. The molecule has 4 nitrogen and oxygen atoms in total. The zero-order valence-electron chi connectivity index (χ0n) is 9.15. The fourth-order valence-corrected chi connectivity index (χ4v) is 1.50. The minimum absolute atomic E-state index is 0.345. The Hall–Kier alpha value is -1.71. The Bertz CT molecular complexity index is 479. The van der Waals surface area contributed by atoms with Gasteiger partial charge in [0.05, 0.1) is 0 Å². The summed E-state index contributed by atoms with van der Waals surface area (Å²) in [4.78, 5) is 12.7. The van der Waals surface area contributed by atoms with Gasteiger partial charge in [-0.3, -0.25) is 0 Å². The highest BCUT2D eigenvalue weighted by Crippen LogP contribution is 2.19. The van der Waals surface area contributed by atoms with Crippen LogP contribution in [0.4, 0.5) is 5.82 Å². The summed E-state index contributed by atoms with van der Waals surface area (Å²) in [5.41, 5.74) is 1.85. The molecule has 1 N–H and O–H groups in total. The number of nitrogens with one attached hydrogen (secondary N) is 1. The Balaban J connectivity index is 2.60. The van der Waals surface area contributed by atoms with Crippen LogP contribution < -0.4 is 5.32 Å². The zero-order valence-corrected chi connectivity index (χ0v) is 9.15. The van der Waals surface area contributed by atoms with Crippen LogP contribution in [-0.2, 0) is 0 Å². The molecule has 2 heterocycles. The summed E-state index contributed by atoms with van der Waals surface area (Å²) in [6.45, 7) is 6.13. The molecular weight excluding hydrogens is 188 g/mol. The van der Waals surface area contributed by atoms with E-state index in [-0.39, 0.29) is 0 Å². The first-order valence-electron chi connectivity index (χ1n) is 5.00. The van der Waals surface area contributed by atoms with Crippen molar-refractivity contribution < 1.29 is 0 Å². The smallest absolute Gasteiger partial charge is 0.153 e. The molecule has 0 saturated heterocycles. The molecule has 2 rings (SSSR count). The number of aromatic nitrogens is 3. The van der Waals surface area contributed by atoms with Gasteiger partial charge in [-0.1, -0.05) is 0 Å². The second-order valence-corrected chi connectivity index (χ2v) is 3.87. The Morgan fingerprint density at radius 2 is 2.13 bits per heavy atom. The van der Waals surface area contributed by atoms with E-state index in [2.05, 4.69) is 34.1 Å². The fourth-order valence-electron chi connectivity index (χ4n) is 1.50. The van der Waals surface area contributed by atoms with Crippen LogP contribution in [0.5, 0.6) is 0 Å². The Morgan fingerprint density at radius 3 is 2.87 bits per heavy atom. The fraction of sp³-hybridized carbons (Fsp3) is 0.364. The lowest BCUT2D eigenvalue weighted by Crippen LogP contribution is -2.12. The van der Waals surface area contributed by atoms with Crippen LogP contribution in [0.1, 0.15) is 19.5 Å². The minimum atomic E-state index is 0.345. The van der Waals surface area contributed by atoms with E-state index >= 15 is 0 Å². The average molecular weight is 202 g/mol. The van der Waals surface area contributed by atoms with Crippen LogP contribution in [0, 0.1) is 6.92 Å². The van der Waals surface area contributed by atoms with Gasteiger partial charge < -0.3 is 5.32 Å². The summed E-state index contributed by atoms with van der Waals surface area (Å²) in [6, 6.07) is 2.33. The highest BCUT2D eigenvalue weighted by molar-refractivity contribution is 5.87. The molecule has 0 aliphatic heterocycles. The van der Waals surface area contributed by atoms with E-state index in [1.54, 1.807) is 6.33 Å². The maximum absolute atomic E-state index is 4.44. The van der Waals surface area contributed by atoms with Gasteiger partial charge in [0.2, 0.25) is 0 Å². The molecule has 4 heteroatoms. The van der Waals surface area contributed by atoms with Gasteiger partial charge in [-0.05, 0) is 26.8 Å². The third kappa shape index (κ3) is 2.03. The standard InChI is InChI=1S/C11H14N4/c1-7(2)14-11-10-9(4-8(3)15-11)5-12-6-13-10/h4-7H,1-3H3,(H,14,15). The quantitative estimate of drug-likeness (QED) is 0.810. The third-order valence-corrected chi connectivity index (χ3v) is 2.04. The van der Waals surface area contributed by atoms with E-state index in [9.17, 15) is 0 Å². The molecule has 0 radical (unpaired) electrons. The SMILES string of the molecule is Cc1cc2cncnc2c(NC(C)C)n1. The first-order valence-corrected chi connectivity index (χ1v) is 5.00. The summed E-state index contributed by atoms with van der Waals surface area (Å²) in [7, 11) is 0. The molecule has 0 aliphatic carbocycles. The Kier molecular flexibility index (Phi) is 2.49. The van der Waals surface area contributed by atoms with Gasteiger partial charge in [0.25, 0.3) is 0 Å². The Morgan fingerprint density at radius 1 is 1.33 bits per heavy atom. The predicted molar refractivity (Wildman–Crippen MR) is 60.8 cm³/mol. The van der Waals surface area contributed by atoms with E-state index in [1.165, 1.54) is 0 Å². The first-order chi connectivity index (χ1) is 7.16. The molecule has 0 saturated carbocycles. The van der Waals surface area contributed by atoms with Crippen molar-refractivity contribution in [2.45, 2.75) is 26.8 Å². The number of hydrogen-bond donors (Lipinski definition) is 1. The molecule has 0 unspecified atom stereocenters. The van der Waals surface area contributed by atoms with Crippen molar-refractivity contribution in [1.82, 2.24) is 15.0 Å². The summed E-state index contributed by atoms with van der Waals surface area (Å²) in [6.07, 6.45) is 3.35. The van der Waals surface area contributed by atoms with Crippen molar-refractivity contribution in [3.63, 3.8) is 0 Å². The summed E-state index contributed by atoms with van der Waals surface area (Å²) < 4.78 is 0. The molecule has 2 aromatic heterocycles. The van der Waals surface area contributed by atoms with Crippen molar-refractivity contribution in [3.8, 4) is 0 Å². The topological polar surface area (TPSA) is 50.7 Å². The van der Waals surface area contributed by atoms with E-state index in [0.717, 1.165) is 22.4 Å². The van der Waals surface area contributed by atoms with Crippen LogP contribution in [0.2, 0.25) is 0 Å². The van der Waals surface area contributed by atoms with Crippen LogP contribution in [0.3, 0.4) is 0 Å². The Labute approximate surface area is 88.8 Å². The minimum Gasteiger partial charge on any atom is -0.366 e. The number of rotatable bonds is 2. The normalized spacial score (nSPS) is 10.9. The lowest BCUT2D eigenvalue weighted by Gasteiger charge is -2.11. The predicted octanol–water partition coefficient (Wildman–Crippen LogP) is 2.15. The average Bonchev–Trinajstić information content (AvgIpc) is 2.16. The number of pyridine rings is 1. The largest absolute Gasteiger partial charge is 0.366 e. The lowest BCUT2D eigenvalue weighted by molar-refractivity contribution is 0.888. The lowest BCUT2D eigenvalue weighted by atomic mass is 10.2. The van der Waals surface area contributed by atoms with Crippen molar-refractivity contribution in [2.75, 3.05) is 5.32 Å². The van der Waals surface area contributed by atoms with Gasteiger partial charge in [0.15, 0.2) is 5.82 Å². The van der Waals surface area contributed by atoms with E-state index in [4.69, 9.17) is 0 Å². The zero-order chi connectivity index (χ0) is 10.8. The molecular formula is C11H14N4. The van der Waals surface area contributed by atoms with Crippen molar-refractivity contribution in [1.29, 1.82) is 0 Å². The molecule has 15 heavy (non-hydrogen) atoms. The van der Waals surface area contributed by atoms with Gasteiger partial charge >= 0.3 is 0 Å². The third-order valence-electron chi connectivity index (χ3n) is 2.04. The van der Waals surface area contributed by atoms with E-state index in [0.29, 0.717) is 6.04 Å². The van der Waals surface area contributed by atoms with Crippen molar-refractivity contribution in [2.24, 2.45) is 0 Å². The number of hydrogen-bond acceptors (Lipinski definition) is 4. The molecule has 2 aromatic rings. The number of fused-ring (bicyclic) bond motifs is 1. The van der Waals surface area contributed by atoms with E-state index < -0.39 is 0 Å². The number of aryl methyl sites for hydroxylation is 1. The maximum atomic E-state index is 4.44. The molecule has 0 amide bonds. The van der Waals surface area contributed by atoms with E-state index in [1.807, 2.05) is 19.2 Å². The van der Waals surface area contributed by atoms with Crippen LogP contribution in [0.15, 0.2) is 18.6 Å². The molecule has 0 aromatic carbocycles.